The van der Waals surface area contributed by atoms with Crippen LogP contribution in [-0.2, 0) is 14.3 Å². The number of phenols is 1. The average Bonchev–Trinajstić information content (AvgIpc) is 3.50. The lowest BCUT2D eigenvalue weighted by Gasteiger charge is -2.33. The molecule has 0 aliphatic heterocycles. The van der Waals surface area contributed by atoms with Gasteiger partial charge in [0, 0.05) is 17.6 Å². The number of aryl methyl sites for hydroxylation is 1. The van der Waals surface area contributed by atoms with Gasteiger partial charge in [0.05, 0.1) is 0 Å². The lowest BCUT2D eigenvalue weighted by Crippen LogP contribution is -2.50. The third-order valence-corrected chi connectivity index (χ3v) is 5.21. The Hall–Kier alpha value is -2.77. The molecule has 1 aliphatic rings. The Morgan fingerprint density at radius 2 is 1.91 bits per heavy atom. The summed E-state index contributed by atoms with van der Waals surface area (Å²) >= 11 is 0. The van der Waals surface area contributed by atoms with Gasteiger partial charge in [0.25, 0.3) is 0 Å². The Kier molecular flexibility index (Phi) is 8.52. The van der Waals surface area contributed by atoms with E-state index in [0.29, 0.717) is 11.1 Å². The smallest absolute Gasteiger partial charge is 0.408 e. The number of aromatic hydroxyl groups is 1. The van der Waals surface area contributed by atoms with Crippen LogP contribution >= 0.6 is 0 Å². The van der Waals surface area contributed by atoms with Crippen molar-refractivity contribution in [2.24, 2.45) is 0 Å². The molecule has 0 spiro atoms. The Morgan fingerprint density at radius 1 is 1.25 bits per heavy atom. The number of hydrogen-bond acceptors (Lipinski definition) is 5. The number of ether oxygens (including phenoxy) is 1. The van der Waals surface area contributed by atoms with Crippen molar-refractivity contribution >= 4 is 17.9 Å². The first-order valence-electron chi connectivity index (χ1n) is 11.3. The first-order chi connectivity index (χ1) is 14.9. The van der Waals surface area contributed by atoms with E-state index >= 15 is 0 Å². The fourth-order valence-electron chi connectivity index (χ4n) is 3.61. The number of carbonyl (C=O) groups excluding carboxylic acids is 3. The maximum atomic E-state index is 13.4. The van der Waals surface area contributed by atoms with Crippen LogP contribution in [0.4, 0.5) is 4.79 Å². The first-order valence-corrected chi connectivity index (χ1v) is 11.3. The molecule has 2 unspecified atom stereocenters. The van der Waals surface area contributed by atoms with Gasteiger partial charge < -0.3 is 25.4 Å². The van der Waals surface area contributed by atoms with Crippen LogP contribution in [0.25, 0.3) is 0 Å². The van der Waals surface area contributed by atoms with Crippen molar-refractivity contribution in [2.75, 3.05) is 6.54 Å². The predicted molar refractivity (Wildman–Crippen MR) is 122 cm³/mol. The van der Waals surface area contributed by atoms with Crippen LogP contribution in [0.15, 0.2) is 18.2 Å². The highest BCUT2D eigenvalue weighted by Crippen LogP contribution is 2.38. The largest absolute Gasteiger partial charge is 0.507 e. The number of carbonyl (C=O) groups is 3. The molecule has 1 aromatic rings. The molecule has 2 atom stereocenters. The van der Waals surface area contributed by atoms with E-state index in [4.69, 9.17) is 4.74 Å². The fraction of sp³-hybridized carbons (Fsp3) is 0.625. The van der Waals surface area contributed by atoms with Gasteiger partial charge >= 0.3 is 6.09 Å². The minimum Gasteiger partial charge on any atom is -0.507 e. The van der Waals surface area contributed by atoms with Crippen molar-refractivity contribution < 1.29 is 24.2 Å². The van der Waals surface area contributed by atoms with E-state index in [2.05, 4.69) is 10.6 Å². The number of phenolic OH excluding ortho intramolecular Hbond substituents is 1. The quantitative estimate of drug-likeness (QED) is 0.536. The molecule has 0 heterocycles. The van der Waals surface area contributed by atoms with Crippen molar-refractivity contribution in [3.8, 4) is 5.75 Å². The van der Waals surface area contributed by atoms with Gasteiger partial charge in [-0.25, -0.2) is 4.79 Å². The van der Waals surface area contributed by atoms with E-state index in [1.165, 1.54) is 4.90 Å². The summed E-state index contributed by atoms with van der Waals surface area (Å²) in [4.78, 5) is 40.1. The summed E-state index contributed by atoms with van der Waals surface area (Å²) in [6.45, 7) is 10.6. The third-order valence-electron chi connectivity index (χ3n) is 5.21. The molecule has 0 saturated heterocycles. The third kappa shape index (κ3) is 7.14. The molecule has 1 aromatic carbocycles. The molecule has 2 rings (SSSR count). The van der Waals surface area contributed by atoms with Crippen LogP contribution in [0.2, 0.25) is 0 Å². The Morgan fingerprint density at radius 3 is 2.47 bits per heavy atom. The van der Waals surface area contributed by atoms with E-state index in [-0.39, 0.29) is 30.3 Å². The molecule has 3 amide bonds. The summed E-state index contributed by atoms with van der Waals surface area (Å²) in [6, 6.07) is 3.99. The molecule has 8 nitrogen and oxygen atoms in total. The van der Waals surface area contributed by atoms with Crippen molar-refractivity contribution in [3.63, 3.8) is 0 Å². The lowest BCUT2D eigenvalue weighted by atomic mass is 9.99. The molecule has 1 aliphatic carbocycles. The highest BCUT2D eigenvalue weighted by Gasteiger charge is 2.42. The Balaban J connectivity index is 2.31. The number of rotatable bonds is 9. The van der Waals surface area contributed by atoms with Gasteiger partial charge in [-0.2, -0.15) is 0 Å². The summed E-state index contributed by atoms with van der Waals surface area (Å²) in [7, 11) is 0. The summed E-state index contributed by atoms with van der Waals surface area (Å²) in [5, 5.41) is 16.2. The van der Waals surface area contributed by atoms with Crippen LogP contribution < -0.4 is 10.6 Å². The van der Waals surface area contributed by atoms with Crippen molar-refractivity contribution in [2.45, 2.75) is 91.0 Å². The van der Waals surface area contributed by atoms with Gasteiger partial charge in [-0.05, 0) is 59.4 Å². The number of nitrogens with one attached hydrogen (secondary N) is 2. The van der Waals surface area contributed by atoms with Crippen molar-refractivity contribution in [3.05, 3.63) is 29.3 Å². The number of alkyl carbamates (subject to hydrolysis) is 1. The predicted octanol–water partition coefficient (Wildman–Crippen LogP) is 3.56. The topological polar surface area (TPSA) is 108 Å². The monoisotopic (exact) mass is 447 g/mol. The molecule has 0 radical (unpaired) electrons. The number of benzene rings is 1. The Bertz CT molecular complexity index is 829. The zero-order chi connectivity index (χ0) is 24.1. The molecular weight excluding hydrogens is 410 g/mol. The molecule has 8 heteroatoms. The maximum Gasteiger partial charge on any atom is 0.408 e. The van der Waals surface area contributed by atoms with E-state index in [0.717, 1.165) is 25.7 Å². The number of nitrogens with zero attached hydrogens (tertiary/aromatic N) is 1. The van der Waals surface area contributed by atoms with E-state index in [9.17, 15) is 19.5 Å². The molecule has 178 valence electrons. The fourth-order valence-corrected chi connectivity index (χ4v) is 3.61. The van der Waals surface area contributed by atoms with Crippen molar-refractivity contribution in [1.29, 1.82) is 0 Å². The van der Waals surface area contributed by atoms with Crippen LogP contribution in [0.1, 0.15) is 77.5 Å². The second-order valence-corrected chi connectivity index (χ2v) is 9.50. The SMILES string of the molecule is CCCC(C)NC(=O)C(c1cccc(C)c1O)N(C(=O)CNC(=O)OC(C)(C)C)C1CC1. The minimum atomic E-state index is -0.991. The van der Waals surface area contributed by atoms with E-state index in [1.807, 2.05) is 13.8 Å². The van der Waals surface area contributed by atoms with Gasteiger partial charge in [0.2, 0.25) is 11.8 Å². The summed E-state index contributed by atoms with van der Waals surface area (Å²) < 4.78 is 5.21. The van der Waals surface area contributed by atoms with Crippen LogP contribution in [0.5, 0.6) is 5.75 Å². The number of para-hydroxylation sites is 1. The van der Waals surface area contributed by atoms with Gasteiger partial charge in [-0.1, -0.05) is 31.5 Å². The van der Waals surface area contributed by atoms with E-state index in [1.54, 1.807) is 45.9 Å². The second-order valence-electron chi connectivity index (χ2n) is 9.50. The zero-order valence-corrected chi connectivity index (χ0v) is 20.0. The molecule has 0 aromatic heterocycles. The van der Waals surface area contributed by atoms with Crippen LogP contribution in [-0.4, -0.2) is 52.1 Å². The molecular formula is C24H37N3O5. The minimum absolute atomic E-state index is 0.00524. The van der Waals surface area contributed by atoms with Crippen molar-refractivity contribution in [1.82, 2.24) is 15.5 Å². The lowest BCUT2D eigenvalue weighted by molar-refractivity contribution is -0.141. The summed E-state index contributed by atoms with van der Waals surface area (Å²) in [5.41, 5.74) is 0.315. The molecule has 0 bridgehead atoms. The van der Waals surface area contributed by atoms with Gasteiger partial charge in [0.1, 0.15) is 23.9 Å². The zero-order valence-electron chi connectivity index (χ0n) is 20.0. The van der Waals surface area contributed by atoms with Crippen LogP contribution in [0, 0.1) is 6.92 Å². The molecule has 3 N–H and O–H groups in total. The highest BCUT2D eigenvalue weighted by molar-refractivity contribution is 5.91. The first kappa shape index (κ1) is 25.5. The average molecular weight is 448 g/mol. The standard InChI is InChI=1S/C24H37N3O5/c1-7-9-16(3)26-22(30)20(18-11-8-10-15(2)21(18)29)27(17-12-13-17)19(28)14-25-23(31)32-24(4,5)6/h8,10-11,16-17,20,29H,7,9,12-14H2,1-6H3,(H,25,31)(H,26,30). The highest BCUT2D eigenvalue weighted by atomic mass is 16.6. The number of hydrogen-bond donors (Lipinski definition) is 3. The van der Waals surface area contributed by atoms with Gasteiger partial charge in [-0.3, -0.25) is 9.59 Å². The Labute approximate surface area is 190 Å². The molecule has 1 fully saturated rings. The normalized spacial score (nSPS) is 15.4. The van der Waals surface area contributed by atoms with Gasteiger partial charge in [-0.15, -0.1) is 0 Å². The number of amides is 3. The van der Waals surface area contributed by atoms with Crippen LogP contribution in [0.3, 0.4) is 0 Å². The van der Waals surface area contributed by atoms with Gasteiger partial charge in [0.15, 0.2) is 0 Å². The molecule has 32 heavy (non-hydrogen) atoms. The molecule has 1 saturated carbocycles. The summed E-state index contributed by atoms with van der Waals surface area (Å²) in [6.07, 6.45) is 2.54. The maximum absolute atomic E-state index is 13.4. The summed E-state index contributed by atoms with van der Waals surface area (Å²) in [5.74, 6) is -0.749. The van der Waals surface area contributed by atoms with E-state index < -0.39 is 23.6 Å². The second kappa shape index (κ2) is 10.7.